The van der Waals surface area contributed by atoms with Crippen molar-refractivity contribution in [3.05, 3.63) is 41.2 Å². The number of nitrogens with zero attached hydrogens (tertiary/aromatic N) is 2. The molecule has 6 heteroatoms. The molecule has 22 heavy (non-hydrogen) atoms. The molecule has 3 N–H and O–H groups in total. The summed E-state index contributed by atoms with van der Waals surface area (Å²) in [5, 5.41) is 19.2. The fourth-order valence-electron chi connectivity index (χ4n) is 2.40. The maximum atomic E-state index is 11.2. The largest absolute Gasteiger partial charge is 0.387 e. The monoisotopic (exact) mass is 302 g/mol. The molecule has 2 rings (SSSR count). The summed E-state index contributed by atoms with van der Waals surface area (Å²) in [7, 11) is 0. The molecular formula is C16H22N4O2. The molecule has 0 saturated heterocycles. The lowest BCUT2D eigenvalue weighted by atomic mass is 10.2. The van der Waals surface area contributed by atoms with E-state index < -0.39 is 12.5 Å². The van der Waals surface area contributed by atoms with Gasteiger partial charge in [-0.1, -0.05) is 6.07 Å². The molecule has 1 aromatic carbocycles. The Morgan fingerprint density at radius 1 is 1.32 bits per heavy atom. The second-order valence-electron chi connectivity index (χ2n) is 5.11. The highest BCUT2D eigenvalue weighted by atomic mass is 16.3. The Balaban J connectivity index is 2.07. The number of hydrogen-bond donors (Lipinski definition) is 3. The van der Waals surface area contributed by atoms with Crippen LogP contribution in [-0.2, 0) is 17.9 Å². The maximum absolute atomic E-state index is 11.2. The molecule has 0 aliphatic carbocycles. The average molecular weight is 302 g/mol. The van der Waals surface area contributed by atoms with Crippen molar-refractivity contribution in [2.75, 3.05) is 17.2 Å². The predicted molar refractivity (Wildman–Crippen MR) is 86.9 cm³/mol. The van der Waals surface area contributed by atoms with Crippen LogP contribution in [0.1, 0.15) is 23.9 Å². The number of aromatic nitrogens is 2. The van der Waals surface area contributed by atoms with Gasteiger partial charge >= 0.3 is 0 Å². The van der Waals surface area contributed by atoms with E-state index in [0.717, 1.165) is 23.6 Å². The number of amides is 1. The quantitative estimate of drug-likeness (QED) is 0.763. The topological polar surface area (TPSA) is 79.2 Å². The smallest absolute Gasteiger partial charge is 0.250 e. The van der Waals surface area contributed by atoms with Crippen LogP contribution < -0.4 is 10.6 Å². The molecule has 1 heterocycles. The number of hydrogen-bond acceptors (Lipinski definition) is 4. The number of anilines is 2. The minimum absolute atomic E-state index is 0.423. The lowest BCUT2D eigenvalue weighted by Crippen LogP contribution is -2.15. The van der Waals surface area contributed by atoms with Gasteiger partial charge in [0.2, 0.25) is 5.91 Å². The fourth-order valence-corrected chi connectivity index (χ4v) is 2.40. The Kier molecular flexibility index (Phi) is 5.16. The van der Waals surface area contributed by atoms with Crippen LogP contribution >= 0.6 is 0 Å². The van der Waals surface area contributed by atoms with Gasteiger partial charge in [-0.05, 0) is 39.0 Å². The summed E-state index contributed by atoms with van der Waals surface area (Å²) in [4.78, 5) is 11.2. The number of aliphatic hydroxyl groups excluding tert-OH is 1. The average Bonchev–Trinajstić information content (AvgIpc) is 2.79. The molecule has 0 fully saturated rings. The van der Waals surface area contributed by atoms with Crippen LogP contribution in [0.2, 0.25) is 0 Å². The Bertz CT molecular complexity index is 664. The summed E-state index contributed by atoms with van der Waals surface area (Å²) in [5.41, 5.74) is 4.93. The zero-order valence-corrected chi connectivity index (χ0v) is 13.2. The van der Waals surface area contributed by atoms with E-state index in [1.165, 1.54) is 5.56 Å². The zero-order chi connectivity index (χ0) is 16.1. The first kappa shape index (κ1) is 16.0. The number of carbonyl (C=O) groups excluding carboxylic acids is 1. The van der Waals surface area contributed by atoms with E-state index in [2.05, 4.69) is 29.6 Å². The summed E-state index contributed by atoms with van der Waals surface area (Å²) in [6.07, 6.45) is 0. The van der Waals surface area contributed by atoms with Crippen molar-refractivity contribution < 1.29 is 9.90 Å². The third-order valence-corrected chi connectivity index (χ3v) is 3.59. The number of aryl methyl sites for hydroxylation is 2. The Labute approximate surface area is 130 Å². The molecule has 1 amide bonds. The van der Waals surface area contributed by atoms with Crippen molar-refractivity contribution in [2.45, 2.75) is 33.9 Å². The molecule has 0 radical (unpaired) electrons. The first-order valence-electron chi connectivity index (χ1n) is 7.32. The minimum Gasteiger partial charge on any atom is -0.387 e. The van der Waals surface area contributed by atoms with E-state index >= 15 is 0 Å². The van der Waals surface area contributed by atoms with Crippen LogP contribution in [0.4, 0.5) is 11.4 Å². The van der Waals surface area contributed by atoms with E-state index in [1.54, 1.807) is 6.07 Å². The Morgan fingerprint density at radius 3 is 2.68 bits per heavy atom. The second kappa shape index (κ2) is 7.09. The molecule has 0 aliphatic heterocycles. The van der Waals surface area contributed by atoms with Crippen LogP contribution in [0.25, 0.3) is 0 Å². The molecule has 0 aliphatic rings. The van der Waals surface area contributed by atoms with E-state index in [-0.39, 0.29) is 0 Å². The molecule has 0 spiro atoms. The number of nitrogens with one attached hydrogen (secondary N) is 2. The first-order chi connectivity index (χ1) is 10.5. The summed E-state index contributed by atoms with van der Waals surface area (Å²) in [5.74, 6) is -0.423. The van der Waals surface area contributed by atoms with Gasteiger partial charge in [-0.2, -0.15) is 5.10 Å². The summed E-state index contributed by atoms with van der Waals surface area (Å²) < 4.78 is 1.99. The fraction of sp³-hybridized carbons (Fsp3) is 0.375. The molecule has 0 unspecified atom stereocenters. The number of rotatable bonds is 6. The van der Waals surface area contributed by atoms with Crippen LogP contribution in [0.15, 0.2) is 24.3 Å². The van der Waals surface area contributed by atoms with Gasteiger partial charge in [0, 0.05) is 35.7 Å². The van der Waals surface area contributed by atoms with Gasteiger partial charge in [-0.15, -0.1) is 0 Å². The highest BCUT2D eigenvalue weighted by molar-refractivity contribution is 5.91. The molecule has 0 atom stereocenters. The highest BCUT2D eigenvalue weighted by Crippen LogP contribution is 2.18. The van der Waals surface area contributed by atoms with Gasteiger partial charge in [0.1, 0.15) is 6.61 Å². The molecule has 2 aromatic rings. The van der Waals surface area contributed by atoms with Gasteiger partial charge in [0.05, 0.1) is 5.69 Å². The van der Waals surface area contributed by atoms with E-state index in [1.807, 2.05) is 29.8 Å². The standard InChI is InChI=1S/C16H22N4O2/c1-4-20-12(3)15(11(2)19-20)9-17-13-6-5-7-14(8-13)18-16(22)10-21/h5-8,17,21H,4,9-10H2,1-3H3,(H,18,22). The third-order valence-electron chi connectivity index (χ3n) is 3.59. The molecule has 118 valence electrons. The van der Waals surface area contributed by atoms with Crippen molar-refractivity contribution in [3.8, 4) is 0 Å². The first-order valence-corrected chi connectivity index (χ1v) is 7.32. The maximum Gasteiger partial charge on any atom is 0.250 e. The second-order valence-corrected chi connectivity index (χ2v) is 5.11. The van der Waals surface area contributed by atoms with Gasteiger partial charge in [0.25, 0.3) is 0 Å². The van der Waals surface area contributed by atoms with E-state index in [9.17, 15) is 4.79 Å². The van der Waals surface area contributed by atoms with Crippen LogP contribution in [0.5, 0.6) is 0 Å². The SMILES string of the molecule is CCn1nc(C)c(CNc2cccc(NC(=O)CO)c2)c1C. The van der Waals surface area contributed by atoms with Gasteiger partial charge < -0.3 is 15.7 Å². The number of benzene rings is 1. The Hall–Kier alpha value is -2.34. The van der Waals surface area contributed by atoms with Crippen molar-refractivity contribution in [1.82, 2.24) is 9.78 Å². The molecule has 6 nitrogen and oxygen atoms in total. The van der Waals surface area contributed by atoms with Crippen molar-refractivity contribution in [2.24, 2.45) is 0 Å². The Morgan fingerprint density at radius 2 is 2.05 bits per heavy atom. The van der Waals surface area contributed by atoms with Crippen LogP contribution in [0.3, 0.4) is 0 Å². The van der Waals surface area contributed by atoms with Crippen LogP contribution in [0, 0.1) is 13.8 Å². The van der Waals surface area contributed by atoms with Gasteiger partial charge in [-0.3, -0.25) is 9.48 Å². The van der Waals surface area contributed by atoms with Gasteiger partial charge in [0.15, 0.2) is 0 Å². The highest BCUT2D eigenvalue weighted by Gasteiger charge is 2.10. The normalized spacial score (nSPS) is 10.5. The number of aliphatic hydroxyl groups is 1. The van der Waals surface area contributed by atoms with Crippen molar-refractivity contribution >= 4 is 17.3 Å². The third kappa shape index (κ3) is 3.65. The van der Waals surface area contributed by atoms with Gasteiger partial charge in [-0.25, -0.2) is 0 Å². The summed E-state index contributed by atoms with van der Waals surface area (Å²) >= 11 is 0. The summed E-state index contributed by atoms with van der Waals surface area (Å²) in [6.45, 7) is 7.16. The molecule has 1 aromatic heterocycles. The molecule has 0 saturated carbocycles. The summed E-state index contributed by atoms with van der Waals surface area (Å²) in [6, 6.07) is 7.40. The zero-order valence-electron chi connectivity index (χ0n) is 13.2. The number of carbonyl (C=O) groups is 1. The van der Waals surface area contributed by atoms with Crippen LogP contribution in [-0.4, -0.2) is 27.4 Å². The predicted octanol–water partition coefficient (Wildman–Crippen LogP) is 2.06. The lowest BCUT2D eigenvalue weighted by molar-refractivity contribution is -0.118. The van der Waals surface area contributed by atoms with Crippen molar-refractivity contribution in [3.63, 3.8) is 0 Å². The van der Waals surface area contributed by atoms with Crippen molar-refractivity contribution in [1.29, 1.82) is 0 Å². The lowest BCUT2D eigenvalue weighted by Gasteiger charge is -2.09. The van der Waals surface area contributed by atoms with E-state index in [4.69, 9.17) is 5.11 Å². The molecule has 0 bridgehead atoms. The van der Waals surface area contributed by atoms with E-state index in [0.29, 0.717) is 12.2 Å². The molecular weight excluding hydrogens is 280 g/mol. The minimum atomic E-state index is -0.522.